The highest BCUT2D eigenvalue weighted by Gasteiger charge is 2.30. The molecule has 0 atom stereocenters. The van der Waals surface area contributed by atoms with Crippen molar-refractivity contribution in [2.45, 2.75) is 71.9 Å². The number of aromatic nitrogens is 2. The number of carboxylic acids is 1. The average molecular weight is 481 g/mol. The standard InChI is InChI=1S/C22H32N4O6S/c1-12(2)19(27)23-15-9-10-16(17(11-15)33(30,31)25-13(3)4)32-20-14(5)18(21(28)29)24-26(20)22(6,7)8/h9-13,25H,1-8H3,(H,23,27)(H,28,29). The van der Waals surface area contributed by atoms with Gasteiger partial charge in [0.15, 0.2) is 5.69 Å². The zero-order chi connectivity index (χ0) is 25.3. The van der Waals surface area contributed by atoms with Crippen LogP contribution in [0.2, 0.25) is 0 Å². The number of sulfonamides is 1. The zero-order valence-corrected chi connectivity index (χ0v) is 21.0. The fourth-order valence-electron chi connectivity index (χ4n) is 2.90. The molecule has 1 heterocycles. The minimum absolute atomic E-state index is 0.0314. The number of carboxylic acid groups (broad SMARTS) is 1. The highest BCUT2D eigenvalue weighted by atomic mass is 32.2. The summed E-state index contributed by atoms with van der Waals surface area (Å²) >= 11 is 0. The van der Waals surface area contributed by atoms with E-state index in [1.807, 2.05) is 20.8 Å². The molecule has 2 rings (SSSR count). The maximum absolute atomic E-state index is 13.1. The molecule has 10 nitrogen and oxygen atoms in total. The van der Waals surface area contributed by atoms with Gasteiger partial charge in [-0.2, -0.15) is 5.10 Å². The van der Waals surface area contributed by atoms with Crippen LogP contribution in [0.15, 0.2) is 23.1 Å². The third-order valence-electron chi connectivity index (χ3n) is 4.53. The van der Waals surface area contributed by atoms with Crippen LogP contribution in [0.25, 0.3) is 0 Å². The van der Waals surface area contributed by atoms with Gasteiger partial charge in [-0.15, -0.1) is 0 Å². The third kappa shape index (κ3) is 6.11. The second kappa shape index (κ2) is 9.52. The van der Waals surface area contributed by atoms with Crippen LogP contribution in [0.1, 0.15) is 64.5 Å². The van der Waals surface area contributed by atoms with E-state index in [1.165, 1.54) is 22.9 Å². The molecule has 0 aliphatic rings. The molecule has 0 spiro atoms. The number of nitrogens with zero attached hydrogens (tertiary/aromatic N) is 2. The summed E-state index contributed by atoms with van der Waals surface area (Å²) in [5.74, 6) is -1.71. The van der Waals surface area contributed by atoms with Gasteiger partial charge in [-0.05, 0) is 59.7 Å². The van der Waals surface area contributed by atoms with E-state index in [9.17, 15) is 23.1 Å². The van der Waals surface area contributed by atoms with Crippen molar-refractivity contribution >= 4 is 27.6 Å². The number of nitrogens with one attached hydrogen (secondary N) is 2. The van der Waals surface area contributed by atoms with Crippen LogP contribution in [-0.2, 0) is 20.4 Å². The van der Waals surface area contributed by atoms with Crippen LogP contribution in [0, 0.1) is 12.8 Å². The number of hydrogen-bond acceptors (Lipinski definition) is 6. The van der Waals surface area contributed by atoms with Gasteiger partial charge in [0.1, 0.15) is 10.6 Å². The predicted molar refractivity (Wildman–Crippen MR) is 124 cm³/mol. The van der Waals surface area contributed by atoms with Crippen molar-refractivity contribution in [3.63, 3.8) is 0 Å². The van der Waals surface area contributed by atoms with Crippen molar-refractivity contribution in [3.05, 3.63) is 29.5 Å². The van der Waals surface area contributed by atoms with Crippen LogP contribution < -0.4 is 14.8 Å². The van der Waals surface area contributed by atoms with Gasteiger partial charge in [0, 0.05) is 23.2 Å². The number of anilines is 1. The topological polar surface area (TPSA) is 140 Å². The van der Waals surface area contributed by atoms with E-state index < -0.39 is 27.6 Å². The lowest BCUT2D eigenvalue weighted by Crippen LogP contribution is -2.30. The fraction of sp³-hybridized carbons (Fsp3) is 0.500. The van der Waals surface area contributed by atoms with E-state index in [-0.39, 0.29) is 45.3 Å². The minimum atomic E-state index is -4.03. The number of ether oxygens (including phenoxy) is 1. The van der Waals surface area contributed by atoms with Gasteiger partial charge in [0.25, 0.3) is 0 Å². The van der Waals surface area contributed by atoms with Crippen molar-refractivity contribution in [2.75, 3.05) is 5.32 Å². The quantitative estimate of drug-likeness (QED) is 0.523. The summed E-state index contributed by atoms with van der Waals surface area (Å²) in [4.78, 5) is 23.6. The molecular weight excluding hydrogens is 448 g/mol. The van der Waals surface area contributed by atoms with Crippen LogP contribution >= 0.6 is 0 Å². The Hall–Kier alpha value is -2.92. The number of aromatic carboxylic acids is 1. The van der Waals surface area contributed by atoms with Crippen LogP contribution in [-0.4, -0.2) is 41.2 Å². The van der Waals surface area contributed by atoms with E-state index in [0.29, 0.717) is 0 Å². The fourth-order valence-corrected chi connectivity index (χ4v) is 4.31. The van der Waals surface area contributed by atoms with Crippen molar-refractivity contribution < 1.29 is 27.9 Å². The Morgan fingerprint density at radius 1 is 1.15 bits per heavy atom. The van der Waals surface area contributed by atoms with Gasteiger partial charge in [-0.1, -0.05) is 13.8 Å². The van der Waals surface area contributed by atoms with E-state index in [0.717, 1.165) is 0 Å². The van der Waals surface area contributed by atoms with Crippen LogP contribution in [0.3, 0.4) is 0 Å². The predicted octanol–water partition coefficient (Wildman–Crippen LogP) is 3.72. The Labute approximate surface area is 194 Å². The lowest BCUT2D eigenvalue weighted by atomic mass is 10.1. The molecule has 33 heavy (non-hydrogen) atoms. The second-order valence-electron chi connectivity index (χ2n) is 9.35. The highest BCUT2D eigenvalue weighted by Crippen LogP contribution is 2.36. The molecule has 3 N–H and O–H groups in total. The molecule has 182 valence electrons. The number of amides is 1. The van der Waals surface area contributed by atoms with Crippen molar-refractivity contribution in [1.29, 1.82) is 0 Å². The summed E-state index contributed by atoms with van der Waals surface area (Å²) in [7, 11) is -4.03. The Morgan fingerprint density at radius 3 is 2.24 bits per heavy atom. The first-order chi connectivity index (χ1) is 15.0. The Morgan fingerprint density at radius 2 is 1.76 bits per heavy atom. The summed E-state index contributed by atoms with van der Waals surface area (Å²) < 4.78 is 36.1. The highest BCUT2D eigenvalue weighted by molar-refractivity contribution is 7.89. The molecule has 0 fully saturated rings. The van der Waals surface area contributed by atoms with Gasteiger partial charge >= 0.3 is 5.97 Å². The first kappa shape index (κ1) is 26.3. The van der Waals surface area contributed by atoms with Crippen molar-refractivity contribution in [3.8, 4) is 11.6 Å². The van der Waals surface area contributed by atoms with Gasteiger partial charge in [-0.25, -0.2) is 22.6 Å². The first-order valence-electron chi connectivity index (χ1n) is 10.5. The lowest BCUT2D eigenvalue weighted by Gasteiger charge is -2.23. The lowest BCUT2D eigenvalue weighted by molar-refractivity contribution is -0.118. The monoisotopic (exact) mass is 480 g/mol. The molecule has 0 aliphatic carbocycles. The smallest absolute Gasteiger partial charge is 0.356 e. The summed E-state index contributed by atoms with van der Waals surface area (Å²) in [6.45, 7) is 13.8. The first-order valence-corrected chi connectivity index (χ1v) is 12.0. The van der Waals surface area contributed by atoms with E-state index in [1.54, 1.807) is 34.6 Å². The van der Waals surface area contributed by atoms with Gasteiger partial charge in [0.2, 0.25) is 21.8 Å². The molecule has 0 aliphatic heterocycles. The molecule has 0 unspecified atom stereocenters. The second-order valence-corrected chi connectivity index (χ2v) is 11.0. The zero-order valence-electron chi connectivity index (χ0n) is 20.2. The Kier molecular flexibility index (Phi) is 7.60. The molecule has 0 bridgehead atoms. The van der Waals surface area contributed by atoms with Gasteiger partial charge < -0.3 is 15.2 Å². The number of carbonyl (C=O) groups excluding carboxylic acids is 1. The summed E-state index contributed by atoms with van der Waals surface area (Å²) in [5.41, 5.74) is -0.286. The average Bonchev–Trinajstić information content (AvgIpc) is 2.98. The molecule has 0 saturated heterocycles. The number of benzene rings is 1. The number of rotatable bonds is 8. The maximum Gasteiger partial charge on any atom is 0.356 e. The Bertz CT molecular complexity index is 1160. The van der Waals surface area contributed by atoms with Crippen molar-refractivity contribution in [1.82, 2.24) is 14.5 Å². The molecule has 0 saturated carbocycles. The largest absolute Gasteiger partial charge is 0.476 e. The Balaban J connectivity index is 2.68. The molecular formula is C22H32N4O6S. The molecule has 1 aromatic heterocycles. The summed E-state index contributed by atoms with van der Waals surface area (Å²) in [5, 5.41) is 16.4. The molecule has 0 radical (unpaired) electrons. The van der Waals surface area contributed by atoms with Crippen LogP contribution in [0.5, 0.6) is 11.6 Å². The van der Waals surface area contributed by atoms with E-state index in [4.69, 9.17) is 4.74 Å². The van der Waals surface area contributed by atoms with Gasteiger partial charge in [-0.3, -0.25) is 4.79 Å². The number of carbonyl (C=O) groups is 2. The normalized spacial score (nSPS) is 12.3. The summed E-state index contributed by atoms with van der Waals surface area (Å²) in [6, 6.07) is 3.86. The third-order valence-corrected chi connectivity index (χ3v) is 6.21. The maximum atomic E-state index is 13.1. The van der Waals surface area contributed by atoms with E-state index in [2.05, 4.69) is 15.1 Å². The summed E-state index contributed by atoms with van der Waals surface area (Å²) in [6.07, 6.45) is 0. The molecule has 1 amide bonds. The minimum Gasteiger partial charge on any atom is -0.476 e. The van der Waals surface area contributed by atoms with Crippen LogP contribution in [0.4, 0.5) is 5.69 Å². The molecule has 1 aromatic carbocycles. The number of hydrogen-bond donors (Lipinski definition) is 3. The van der Waals surface area contributed by atoms with Gasteiger partial charge in [0.05, 0.1) is 5.54 Å². The van der Waals surface area contributed by atoms with E-state index >= 15 is 0 Å². The van der Waals surface area contributed by atoms with Crippen molar-refractivity contribution in [2.24, 2.45) is 5.92 Å². The SMILES string of the molecule is Cc1c(C(=O)O)nn(C(C)(C)C)c1Oc1ccc(NC(=O)C(C)C)cc1S(=O)(=O)NC(C)C. The molecule has 11 heteroatoms. The molecule has 2 aromatic rings.